The van der Waals surface area contributed by atoms with E-state index in [0.29, 0.717) is 39.2 Å². The molecule has 5 atom stereocenters. The second-order valence-electron chi connectivity index (χ2n) is 12.4. The lowest BCUT2D eigenvalue weighted by Crippen LogP contribution is -2.52. The summed E-state index contributed by atoms with van der Waals surface area (Å²) in [5.41, 5.74) is 1.07. The van der Waals surface area contributed by atoms with Gasteiger partial charge in [0.1, 0.15) is 5.60 Å². The number of methoxy groups -OCH3 is 1. The molecule has 1 unspecified atom stereocenters. The highest BCUT2D eigenvalue weighted by atomic mass is 16.6. The number of carbonyl (C=O) groups is 3. The minimum Gasteiger partial charge on any atom is -0.444 e. The standard InChI is InChI=1S/C35H53N3O7/c1-7-25(2)31(36-18-19-44-21-20-43-6)33(41)38-32(40)28(22-26-14-10-8-11-15-26)24-30(39)29(23-27-16-12-9-13-17-27)37-34(42)45-35(3,4)5/h8-17,25,28-31,36,39H,7,18-24H2,1-6H3,(H,37,42)(H,38,40,41)/t25-,28?,29-,30-,31+/m0/s1. The first kappa shape index (κ1) is 37.9. The predicted octanol–water partition coefficient (Wildman–Crippen LogP) is 4.04. The van der Waals surface area contributed by atoms with Gasteiger partial charge in [-0.05, 0) is 57.1 Å². The number of ether oxygens (including phenoxy) is 3. The van der Waals surface area contributed by atoms with E-state index < -0.39 is 47.6 Å². The summed E-state index contributed by atoms with van der Waals surface area (Å²) < 4.78 is 16.0. The topological polar surface area (TPSA) is 135 Å². The maximum Gasteiger partial charge on any atom is 0.407 e. The van der Waals surface area contributed by atoms with Crippen LogP contribution >= 0.6 is 0 Å². The van der Waals surface area contributed by atoms with Crippen LogP contribution in [0, 0.1) is 11.8 Å². The Bertz CT molecular complexity index is 1140. The molecule has 0 aliphatic rings. The van der Waals surface area contributed by atoms with Gasteiger partial charge >= 0.3 is 6.09 Å². The molecule has 10 heteroatoms. The van der Waals surface area contributed by atoms with Crippen LogP contribution in [-0.4, -0.2) is 80.3 Å². The normalized spacial score (nSPS) is 14.9. The van der Waals surface area contributed by atoms with Crippen molar-refractivity contribution in [2.45, 2.75) is 84.1 Å². The fourth-order valence-corrected chi connectivity index (χ4v) is 4.87. The van der Waals surface area contributed by atoms with E-state index in [9.17, 15) is 19.5 Å². The number of amides is 3. The number of rotatable bonds is 19. The Morgan fingerprint density at radius 1 is 0.867 bits per heavy atom. The summed E-state index contributed by atoms with van der Waals surface area (Å²) in [5, 5.41) is 20.2. The Hall–Kier alpha value is -3.31. The lowest BCUT2D eigenvalue weighted by atomic mass is 9.88. The van der Waals surface area contributed by atoms with Crippen LogP contribution in [-0.2, 0) is 36.6 Å². The van der Waals surface area contributed by atoms with Gasteiger partial charge in [0.25, 0.3) is 0 Å². The Balaban J connectivity index is 2.22. The Morgan fingerprint density at radius 3 is 2.02 bits per heavy atom. The highest BCUT2D eigenvalue weighted by Gasteiger charge is 2.32. The quantitative estimate of drug-likeness (QED) is 0.172. The number of imide groups is 1. The van der Waals surface area contributed by atoms with E-state index in [0.717, 1.165) is 17.5 Å². The van der Waals surface area contributed by atoms with Crippen molar-refractivity contribution in [3.63, 3.8) is 0 Å². The molecule has 3 amide bonds. The van der Waals surface area contributed by atoms with Crippen LogP contribution in [0.4, 0.5) is 4.79 Å². The van der Waals surface area contributed by atoms with Crippen molar-refractivity contribution < 1.29 is 33.7 Å². The van der Waals surface area contributed by atoms with Crippen LogP contribution < -0.4 is 16.0 Å². The van der Waals surface area contributed by atoms with Crippen molar-refractivity contribution in [2.75, 3.05) is 33.5 Å². The molecule has 4 N–H and O–H groups in total. The van der Waals surface area contributed by atoms with E-state index in [2.05, 4.69) is 16.0 Å². The molecule has 0 fully saturated rings. The minimum atomic E-state index is -1.11. The second-order valence-corrected chi connectivity index (χ2v) is 12.4. The molecule has 250 valence electrons. The average Bonchev–Trinajstić information content (AvgIpc) is 2.99. The Morgan fingerprint density at radius 2 is 1.47 bits per heavy atom. The van der Waals surface area contributed by atoms with Gasteiger partial charge in [0.15, 0.2) is 0 Å². The lowest BCUT2D eigenvalue weighted by Gasteiger charge is -2.29. The zero-order valence-corrected chi connectivity index (χ0v) is 27.7. The minimum absolute atomic E-state index is 0.00999. The number of alkyl carbamates (subject to hydrolysis) is 1. The molecule has 0 aliphatic heterocycles. The molecular formula is C35H53N3O7. The fourth-order valence-electron chi connectivity index (χ4n) is 4.87. The molecule has 0 saturated heterocycles. The number of hydrogen-bond donors (Lipinski definition) is 4. The van der Waals surface area contributed by atoms with E-state index in [4.69, 9.17) is 14.2 Å². The molecule has 2 aromatic carbocycles. The first-order valence-electron chi connectivity index (χ1n) is 15.8. The molecule has 0 saturated carbocycles. The number of aliphatic hydroxyl groups is 1. The van der Waals surface area contributed by atoms with Crippen LogP contribution in [0.1, 0.15) is 58.6 Å². The van der Waals surface area contributed by atoms with E-state index >= 15 is 0 Å². The second kappa shape index (κ2) is 19.9. The third-order valence-electron chi connectivity index (χ3n) is 7.47. The van der Waals surface area contributed by atoms with Crippen molar-refractivity contribution in [3.8, 4) is 0 Å². The summed E-state index contributed by atoms with van der Waals surface area (Å²) in [6, 6.07) is 17.6. The van der Waals surface area contributed by atoms with Crippen molar-refractivity contribution in [2.24, 2.45) is 11.8 Å². The van der Waals surface area contributed by atoms with Crippen molar-refractivity contribution in [3.05, 3.63) is 71.8 Å². The zero-order chi connectivity index (χ0) is 33.2. The van der Waals surface area contributed by atoms with Crippen molar-refractivity contribution >= 4 is 17.9 Å². The molecule has 0 heterocycles. The van der Waals surface area contributed by atoms with Crippen LogP contribution in [0.5, 0.6) is 0 Å². The largest absolute Gasteiger partial charge is 0.444 e. The van der Waals surface area contributed by atoms with Gasteiger partial charge in [-0.3, -0.25) is 14.9 Å². The third kappa shape index (κ3) is 15.0. The van der Waals surface area contributed by atoms with Gasteiger partial charge < -0.3 is 30.0 Å². The summed E-state index contributed by atoms with van der Waals surface area (Å²) in [6.07, 6.45) is -0.401. The lowest BCUT2D eigenvalue weighted by molar-refractivity contribution is -0.135. The van der Waals surface area contributed by atoms with Gasteiger partial charge in [-0.25, -0.2) is 4.79 Å². The number of benzene rings is 2. The van der Waals surface area contributed by atoms with Gasteiger partial charge in [-0.1, -0.05) is 80.9 Å². The Kier molecular flexibility index (Phi) is 16.8. The van der Waals surface area contributed by atoms with E-state index in [1.165, 1.54) is 0 Å². The molecule has 0 aliphatic carbocycles. The molecule has 2 rings (SSSR count). The van der Waals surface area contributed by atoms with E-state index in [1.54, 1.807) is 27.9 Å². The molecule has 45 heavy (non-hydrogen) atoms. The maximum absolute atomic E-state index is 13.7. The highest BCUT2D eigenvalue weighted by molar-refractivity contribution is 5.99. The zero-order valence-electron chi connectivity index (χ0n) is 27.7. The van der Waals surface area contributed by atoms with Gasteiger partial charge in [-0.15, -0.1) is 0 Å². The van der Waals surface area contributed by atoms with E-state index in [-0.39, 0.29) is 12.3 Å². The SMILES string of the molecule is CC[C@H](C)[C@@H](NCCOCCOC)C(=O)NC(=O)C(Cc1ccccc1)C[C@H](O)[C@H](Cc1ccccc1)NC(=O)OC(C)(C)C. The van der Waals surface area contributed by atoms with Gasteiger partial charge in [-0.2, -0.15) is 0 Å². The first-order valence-corrected chi connectivity index (χ1v) is 15.8. The smallest absolute Gasteiger partial charge is 0.407 e. The number of aliphatic hydroxyl groups excluding tert-OH is 1. The third-order valence-corrected chi connectivity index (χ3v) is 7.47. The van der Waals surface area contributed by atoms with Gasteiger partial charge in [0.05, 0.1) is 38.0 Å². The number of nitrogens with one attached hydrogen (secondary N) is 3. The summed E-state index contributed by atoms with van der Waals surface area (Å²) >= 11 is 0. The molecule has 0 spiro atoms. The average molecular weight is 628 g/mol. The maximum atomic E-state index is 13.7. The highest BCUT2D eigenvalue weighted by Crippen LogP contribution is 2.20. The van der Waals surface area contributed by atoms with Crippen LogP contribution in [0.25, 0.3) is 0 Å². The van der Waals surface area contributed by atoms with Crippen LogP contribution in [0.2, 0.25) is 0 Å². The van der Waals surface area contributed by atoms with Gasteiger partial charge in [0.2, 0.25) is 11.8 Å². The van der Waals surface area contributed by atoms with Crippen molar-refractivity contribution in [1.82, 2.24) is 16.0 Å². The molecule has 0 bridgehead atoms. The summed E-state index contributed by atoms with van der Waals surface area (Å²) in [7, 11) is 1.60. The first-order chi connectivity index (χ1) is 21.4. The molecule has 0 radical (unpaired) electrons. The fraction of sp³-hybridized carbons (Fsp3) is 0.571. The number of carbonyl (C=O) groups excluding carboxylic acids is 3. The number of hydrogen-bond acceptors (Lipinski definition) is 8. The van der Waals surface area contributed by atoms with Crippen LogP contribution in [0.15, 0.2) is 60.7 Å². The molecule has 10 nitrogen and oxygen atoms in total. The summed E-state index contributed by atoms with van der Waals surface area (Å²) in [6.45, 7) is 11.0. The molecule has 2 aromatic rings. The van der Waals surface area contributed by atoms with Crippen molar-refractivity contribution in [1.29, 1.82) is 0 Å². The molecular weight excluding hydrogens is 574 g/mol. The molecule has 0 aromatic heterocycles. The van der Waals surface area contributed by atoms with E-state index in [1.807, 2.05) is 74.5 Å². The predicted molar refractivity (Wildman–Crippen MR) is 175 cm³/mol. The monoisotopic (exact) mass is 627 g/mol. The van der Waals surface area contributed by atoms with Gasteiger partial charge in [0, 0.05) is 19.6 Å². The summed E-state index contributed by atoms with van der Waals surface area (Å²) in [4.78, 5) is 39.9. The van der Waals surface area contributed by atoms with Crippen LogP contribution in [0.3, 0.4) is 0 Å². The Labute approximate surface area is 268 Å². The summed E-state index contributed by atoms with van der Waals surface area (Å²) in [5.74, 6) is -1.69.